The van der Waals surface area contributed by atoms with Crippen molar-refractivity contribution >= 4 is 11.8 Å². The van der Waals surface area contributed by atoms with E-state index in [1.165, 1.54) is 12.0 Å². The first-order valence-corrected chi connectivity index (χ1v) is 12.3. The highest BCUT2D eigenvalue weighted by Gasteiger charge is 2.30. The molecule has 178 valence electrons. The monoisotopic (exact) mass is 450 g/mol. The average molecular weight is 451 g/mol. The molecular weight excluding hydrogens is 412 g/mol. The second-order valence-electron chi connectivity index (χ2n) is 9.13. The number of rotatable bonds is 10. The molecule has 1 N–H and O–H groups in total. The summed E-state index contributed by atoms with van der Waals surface area (Å²) in [5, 5.41) is 3.24. The van der Waals surface area contributed by atoms with Gasteiger partial charge in [0.2, 0.25) is 11.8 Å². The number of nitrogens with one attached hydrogen (secondary N) is 1. The van der Waals surface area contributed by atoms with Crippen LogP contribution in [0.5, 0.6) is 5.75 Å². The lowest BCUT2D eigenvalue weighted by molar-refractivity contribution is -0.141. The lowest BCUT2D eigenvalue weighted by atomic mass is 9.95. The minimum Gasteiger partial charge on any atom is -0.497 e. The fraction of sp³-hybridized carbons (Fsp3) is 0.500. The number of hydrogen-bond donors (Lipinski definition) is 1. The minimum atomic E-state index is -0.483. The van der Waals surface area contributed by atoms with Gasteiger partial charge >= 0.3 is 0 Å². The Kier molecular flexibility index (Phi) is 9.35. The summed E-state index contributed by atoms with van der Waals surface area (Å²) in [7, 11) is 1.63. The Morgan fingerprint density at radius 2 is 1.79 bits per heavy atom. The normalized spacial score (nSPS) is 15.0. The third-order valence-electron chi connectivity index (χ3n) is 6.57. The zero-order valence-corrected chi connectivity index (χ0v) is 20.3. The molecule has 2 amide bonds. The van der Waals surface area contributed by atoms with E-state index in [1.807, 2.05) is 31.2 Å². The van der Waals surface area contributed by atoms with Crippen molar-refractivity contribution in [1.82, 2.24) is 10.2 Å². The summed E-state index contributed by atoms with van der Waals surface area (Å²) in [4.78, 5) is 28.5. The van der Waals surface area contributed by atoms with Gasteiger partial charge in [-0.25, -0.2) is 0 Å². The number of amides is 2. The predicted molar refractivity (Wildman–Crippen MR) is 132 cm³/mol. The van der Waals surface area contributed by atoms with Crippen molar-refractivity contribution < 1.29 is 14.3 Å². The maximum atomic E-state index is 13.5. The zero-order valence-electron chi connectivity index (χ0n) is 20.3. The van der Waals surface area contributed by atoms with Crippen LogP contribution in [0.3, 0.4) is 0 Å². The quantitative estimate of drug-likeness (QED) is 0.542. The Bertz CT molecular complexity index is 904. The molecule has 0 aliphatic heterocycles. The Labute approximate surface area is 198 Å². The number of carbonyl (C=O) groups excluding carboxylic acids is 2. The van der Waals surface area contributed by atoms with Crippen molar-refractivity contribution in [2.24, 2.45) is 0 Å². The van der Waals surface area contributed by atoms with Gasteiger partial charge < -0.3 is 15.0 Å². The van der Waals surface area contributed by atoms with E-state index in [1.54, 1.807) is 12.0 Å². The molecule has 0 saturated heterocycles. The van der Waals surface area contributed by atoms with Gasteiger partial charge in [0.15, 0.2) is 0 Å². The summed E-state index contributed by atoms with van der Waals surface area (Å²) in [6, 6.07) is 15.8. The SMILES string of the molecule is CCC(C(=O)NC1CCCCC1)N(Cc1cccc(OC)c1)C(=O)CCc1ccc(C)cc1. The van der Waals surface area contributed by atoms with E-state index >= 15 is 0 Å². The molecule has 0 heterocycles. The van der Waals surface area contributed by atoms with Gasteiger partial charge in [0.25, 0.3) is 0 Å². The van der Waals surface area contributed by atoms with Crippen molar-refractivity contribution in [2.75, 3.05) is 7.11 Å². The van der Waals surface area contributed by atoms with Gasteiger partial charge in [-0.2, -0.15) is 0 Å². The lowest BCUT2D eigenvalue weighted by Gasteiger charge is -2.33. The summed E-state index contributed by atoms with van der Waals surface area (Å²) in [6.07, 6.45) is 7.23. The van der Waals surface area contributed by atoms with Gasteiger partial charge in [-0.1, -0.05) is 68.1 Å². The van der Waals surface area contributed by atoms with Gasteiger partial charge in [0, 0.05) is 19.0 Å². The van der Waals surface area contributed by atoms with Gasteiger partial charge in [-0.3, -0.25) is 9.59 Å². The molecule has 33 heavy (non-hydrogen) atoms. The molecule has 1 fully saturated rings. The zero-order chi connectivity index (χ0) is 23.6. The largest absolute Gasteiger partial charge is 0.497 e. The molecule has 2 aromatic rings. The topological polar surface area (TPSA) is 58.6 Å². The van der Waals surface area contributed by atoms with E-state index in [4.69, 9.17) is 4.74 Å². The minimum absolute atomic E-state index is 0.00374. The van der Waals surface area contributed by atoms with Crippen LogP contribution < -0.4 is 10.1 Å². The van der Waals surface area contributed by atoms with Gasteiger partial charge in [0.1, 0.15) is 11.8 Å². The molecule has 0 bridgehead atoms. The molecule has 0 aromatic heterocycles. The smallest absolute Gasteiger partial charge is 0.243 e. The second kappa shape index (κ2) is 12.4. The number of nitrogens with zero attached hydrogens (tertiary/aromatic N) is 1. The highest BCUT2D eigenvalue weighted by atomic mass is 16.5. The third kappa shape index (κ3) is 7.34. The van der Waals surface area contributed by atoms with Crippen LogP contribution in [-0.4, -0.2) is 35.9 Å². The van der Waals surface area contributed by atoms with Gasteiger partial charge in [0.05, 0.1) is 7.11 Å². The Balaban J connectivity index is 1.76. The number of ether oxygens (including phenoxy) is 1. The van der Waals surface area contributed by atoms with Crippen LogP contribution in [0.1, 0.15) is 68.6 Å². The number of benzene rings is 2. The Morgan fingerprint density at radius 1 is 1.06 bits per heavy atom. The first-order valence-electron chi connectivity index (χ1n) is 12.3. The summed E-state index contributed by atoms with van der Waals surface area (Å²) in [5.41, 5.74) is 3.30. The Morgan fingerprint density at radius 3 is 2.45 bits per heavy atom. The molecule has 2 aromatic carbocycles. The van der Waals surface area contributed by atoms with E-state index in [-0.39, 0.29) is 17.9 Å². The molecule has 3 rings (SSSR count). The van der Waals surface area contributed by atoms with Crippen LogP contribution in [0.25, 0.3) is 0 Å². The molecule has 0 radical (unpaired) electrons. The maximum Gasteiger partial charge on any atom is 0.243 e. The molecule has 1 unspecified atom stereocenters. The summed E-state index contributed by atoms with van der Waals surface area (Å²) >= 11 is 0. The molecule has 1 atom stereocenters. The first-order chi connectivity index (χ1) is 16.0. The van der Waals surface area contributed by atoms with Crippen LogP contribution >= 0.6 is 0 Å². The van der Waals surface area contributed by atoms with Gasteiger partial charge in [-0.05, 0) is 55.9 Å². The molecule has 1 aliphatic rings. The maximum absolute atomic E-state index is 13.5. The van der Waals surface area contributed by atoms with Crippen LogP contribution in [0.4, 0.5) is 0 Å². The number of methoxy groups -OCH3 is 1. The first kappa shape index (κ1) is 24.8. The van der Waals surface area contributed by atoms with Crippen molar-refractivity contribution in [2.45, 2.75) is 83.8 Å². The van der Waals surface area contributed by atoms with Crippen LogP contribution in [-0.2, 0) is 22.6 Å². The summed E-state index contributed by atoms with van der Waals surface area (Å²) in [6.45, 7) is 4.43. The van der Waals surface area contributed by atoms with Crippen LogP contribution in [0, 0.1) is 6.92 Å². The Hall–Kier alpha value is -2.82. The van der Waals surface area contributed by atoms with E-state index in [2.05, 4.69) is 36.5 Å². The summed E-state index contributed by atoms with van der Waals surface area (Å²) in [5.74, 6) is 0.722. The number of hydrogen-bond acceptors (Lipinski definition) is 3. The molecule has 1 aliphatic carbocycles. The third-order valence-corrected chi connectivity index (χ3v) is 6.57. The fourth-order valence-corrected chi connectivity index (χ4v) is 4.58. The molecule has 5 nitrogen and oxygen atoms in total. The fourth-order valence-electron chi connectivity index (χ4n) is 4.58. The average Bonchev–Trinajstić information content (AvgIpc) is 2.84. The number of carbonyl (C=O) groups is 2. The van der Waals surface area contributed by atoms with E-state index in [0.29, 0.717) is 25.8 Å². The van der Waals surface area contributed by atoms with Crippen molar-refractivity contribution in [1.29, 1.82) is 0 Å². The summed E-state index contributed by atoms with van der Waals surface area (Å²) < 4.78 is 5.36. The number of aryl methyl sites for hydroxylation is 2. The molecular formula is C28H38N2O3. The van der Waals surface area contributed by atoms with E-state index in [0.717, 1.165) is 42.6 Å². The van der Waals surface area contributed by atoms with E-state index in [9.17, 15) is 9.59 Å². The molecule has 5 heteroatoms. The van der Waals surface area contributed by atoms with Crippen LogP contribution in [0.2, 0.25) is 0 Å². The van der Waals surface area contributed by atoms with Crippen molar-refractivity contribution in [3.8, 4) is 5.75 Å². The highest BCUT2D eigenvalue weighted by molar-refractivity contribution is 5.88. The van der Waals surface area contributed by atoms with Crippen molar-refractivity contribution in [3.63, 3.8) is 0 Å². The van der Waals surface area contributed by atoms with Crippen LogP contribution in [0.15, 0.2) is 48.5 Å². The predicted octanol–water partition coefficient (Wildman–Crippen LogP) is 5.19. The molecule has 1 saturated carbocycles. The lowest BCUT2D eigenvalue weighted by Crippen LogP contribution is -2.51. The van der Waals surface area contributed by atoms with E-state index < -0.39 is 6.04 Å². The second-order valence-corrected chi connectivity index (χ2v) is 9.13. The molecule has 0 spiro atoms. The van der Waals surface area contributed by atoms with Crippen molar-refractivity contribution in [3.05, 3.63) is 65.2 Å². The standard InChI is InChI=1S/C28H38N2O3/c1-4-26(28(32)29-24-10-6-5-7-11-24)30(20-23-9-8-12-25(19-23)33-3)27(31)18-17-22-15-13-21(2)14-16-22/h8-9,12-16,19,24,26H,4-7,10-11,17-18,20H2,1-3H3,(H,29,32). The highest BCUT2D eigenvalue weighted by Crippen LogP contribution is 2.21. The van der Waals surface area contributed by atoms with Gasteiger partial charge in [-0.15, -0.1) is 0 Å².